The van der Waals surface area contributed by atoms with Crippen LogP contribution in [-0.2, 0) is 16.0 Å². The molecule has 0 saturated heterocycles. The van der Waals surface area contributed by atoms with Crippen molar-refractivity contribution in [1.29, 1.82) is 0 Å². The molecule has 5 heteroatoms. The third-order valence-electron chi connectivity index (χ3n) is 6.76. The molecule has 1 atom stereocenters. The van der Waals surface area contributed by atoms with Crippen LogP contribution in [0.4, 0.5) is 0 Å². The van der Waals surface area contributed by atoms with Crippen LogP contribution in [0.15, 0.2) is 23.8 Å². The van der Waals surface area contributed by atoms with E-state index >= 15 is 0 Å². The lowest BCUT2D eigenvalue weighted by atomic mass is 9.86. The molecule has 5 nitrogen and oxygen atoms in total. The molecule has 2 rings (SSSR count). The summed E-state index contributed by atoms with van der Waals surface area (Å²) in [6.07, 6.45) is 11.6. The van der Waals surface area contributed by atoms with E-state index in [2.05, 4.69) is 19.9 Å². The number of hydrogen-bond donors (Lipinski definition) is 2. The number of aliphatic hydroxyl groups is 1. The highest BCUT2D eigenvalue weighted by molar-refractivity contribution is 5.90. The Balaban J connectivity index is 2.29. The molecule has 0 heterocycles. The zero-order valence-corrected chi connectivity index (χ0v) is 21.8. The third kappa shape index (κ3) is 9.42. The summed E-state index contributed by atoms with van der Waals surface area (Å²) in [7, 11) is 1.71. The van der Waals surface area contributed by atoms with E-state index in [1.807, 2.05) is 13.0 Å². The molecule has 192 valence electrons. The maximum atomic E-state index is 12.5. The van der Waals surface area contributed by atoms with Crippen molar-refractivity contribution >= 4 is 5.78 Å². The predicted molar refractivity (Wildman–Crippen MR) is 138 cm³/mol. The maximum absolute atomic E-state index is 12.5. The second-order valence-corrected chi connectivity index (χ2v) is 10.2. The Morgan fingerprint density at radius 3 is 2.50 bits per heavy atom. The molecule has 1 saturated carbocycles. The van der Waals surface area contributed by atoms with Gasteiger partial charge in [0.2, 0.25) is 0 Å². The predicted octanol–water partition coefficient (Wildman–Crippen LogP) is 6.49. The summed E-state index contributed by atoms with van der Waals surface area (Å²) in [5.41, 5.74) is 2.71. The lowest BCUT2D eigenvalue weighted by Gasteiger charge is -2.23. The number of ether oxygens (including phenoxy) is 2. The van der Waals surface area contributed by atoms with Crippen molar-refractivity contribution < 1.29 is 24.5 Å². The average Bonchev–Trinajstić information content (AvgIpc) is 3.32. The van der Waals surface area contributed by atoms with Gasteiger partial charge >= 0.3 is 0 Å². The van der Waals surface area contributed by atoms with Crippen LogP contribution in [0.1, 0.15) is 102 Å². The van der Waals surface area contributed by atoms with E-state index in [-0.39, 0.29) is 30.2 Å². The van der Waals surface area contributed by atoms with E-state index in [4.69, 9.17) is 9.47 Å². The van der Waals surface area contributed by atoms with Crippen LogP contribution in [0.5, 0.6) is 11.5 Å². The Morgan fingerprint density at radius 2 is 1.88 bits per heavy atom. The van der Waals surface area contributed by atoms with Crippen LogP contribution in [-0.4, -0.2) is 42.4 Å². The summed E-state index contributed by atoms with van der Waals surface area (Å²) in [5, 5.41) is 20.7. The lowest BCUT2D eigenvalue weighted by Crippen LogP contribution is -2.13. The standard InChI is InChI=1S/C29H46O5/c1-5-8-23(20-30)17-25(31)14-12-22-18-27(24(15-16-33-4)13-11-21(2)3)29(32)28(19-22)34-26-9-6-7-10-26/h17-19,21,24,26,30,32H,5-16,20H2,1-4H3/t24-/m0/s1. The molecule has 0 aromatic heterocycles. The first-order valence-corrected chi connectivity index (χ1v) is 13.2. The molecule has 1 fully saturated rings. The molecule has 0 aliphatic heterocycles. The van der Waals surface area contributed by atoms with Gasteiger partial charge in [-0.2, -0.15) is 0 Å². The Bertz CT molecular complexity index is 777. The summed E-state index contributed by atoms with van der Waals surface area (Å²) < 4.78 is 11.6. The molecule has 0 spiro atoms. The highest BCUT2D eigenvalue weighted by atomic mass is 16.5. The topological polar surface area (TPSA) is 76.0 Å². The average molecular weight is 475 g/mol. The molecule has 34 heavy (non-hydrogen) atoms. The zero-order valence-electron chi connectivity index (χ0n) is 21.8. The molecule has 0 radical (unpaired) electrons. The van der Waals surface area contributed by atoms with E-state index in [1.165, 1.54) is 0 Å². The van der Waals surface area contributed by atoms with Crippen molar-refractivity contribution in [1.82, 2.24) is 0 Å². The van der Waals surface area contributed by atoms with Gasteiger partial charge in [0.05, 0.1) is 12.7 Å². The number of benzene rings is 1. The molecular formula is C29H46O5. The lowest BCUT2D eigenvalue weighted by molar-refractivity contribution is -0.114. The number of ketones is 1. The molecule has 0 bridgehead atoms. The molecule has 0 amide bonds. The SMILES string of the molecule is CCCC(=CC(=O)CCc1cc(OC2CCCC2)c(O)c([C@H](CCOC)CCC(C)C)c1)CO. The highest BCUT2D eigenvalue weighted by Crippen LogP contribution is 2.41. The minimum absolute atomic E-state index is 0.0288. The summed E-state index contributed by atoms with van der Waals surface area (Å²) in [5.74, 6) is 1.59. The third-order valence-corrected chi connectivity index (χ3v) is 6.76. The zero-order chi connectivity index (χ0) is 24.9. The number of aliphatic hydroxyl groups excluding tert-OH is 1. The normalized spacial score (nSPS) is 15.8. The maximum Gasteiger partial charge on any atom is 0.161 e. The quantitative estimate of drug-likeness (QED) is 0.268. The fourth-order valence-electron chi connectivity index (χ4n) is 4.76. The molecule has 1 aliphatic carbocycles. The Kier molecular flexibility index (Phi) is 12.7. The first kappa shape index (κ1) is 28.4. The monoisotopic (exact) mass is 474 g/mol. The second-order valence-electron chi connectivity index (χ2n) is 10.2. The molecule has 1 aromatic carbocycles. The minimum atomic E-state index is -0.0701. The van der Waals surface area contributed by atoms with Gasteiger partial charge < -0.3 is 19.7 Å². The number of allylic oxidation sites excluding steroid dienone is 1. The van der Waals surface area contributed by atoms with Crippen LogP contribution in [0, 0.1) is 5.92 Å². The van der Waals surface area contributed by atoms with Crippen molar-refractivity contribution in [2.45, 2.75) is 103 Å². The number of phenolic OH excluding ortho intramolecular Hbond substituents is 1. The fraction of sp³-hybridized carbons (Fsp3) is 0.690. The second kappa shape index (κ2) is 15.2. The van der Waals surface area contributed by atoms with Crippen LogP contribution in [0.25, 0.3) is 0 Å². The summed E-state index contributed by atoms with van der Waals surface area (Å²) >= 11 is 0. The van der Waals surface area contributed by atoms with E-state index < -0.39 is 0 Å². The Labute approximate surface area is 206 Å². The number of aromatic hydroxyl groups is 1. The van der Waals surface area contributed by atoms with Gasteiger partial charge in [0.25, 0.3) is 0 Å². The smallest absolute Gasteiger partial charge is 0.161 e. The number of hydrogen-bond acceptors (Lipinski definition) is 5. The number of phenols is 1. The minimum Gasteiger partial charge on any atom is -0.504 e. The van der Waals surface area contributed by atoms with E-state index in [0.29, 0.717) is 31.1 Å². The van der Waals surface area contributed by atoms with E-state index in [1.54, 1.807) is 13.2 Å². The van der Waals surface area contributed by atoms with Crippen LogP contribution in [0.3, 0.4) is 0 Å². The molecule has 1 aliphatic rings. The summed E-state index contributed by atoms with van der Waals surface area (Å²) in [6, 6.07) is 3.98. The Hall–Kier alpha value is -1.85. The fourth-order valence-corrected chi connectivity index (χ4v) is 4.76. The number of rotatable bonds is 16. The largest absolute Gasteiger partial charge is 0.504 e. The van der Waals surface area contributed by atoms with Gasteiger partial charge in [-0.25, -0.2) is 0 Å². The number of carbonyl (C=O) groups excluding carboxylic acids is 1. The van der Waals surface area contributed by atoms with Gasteiger partial charge in [-0.15, -0.1) is 0 Å². The van der Waals surface area contributed by atoms with E-state index in [9.17, 15) is 15.0 Å². The van der Waals surface area contributed by atoms with Gasteiger partial charge in [-0.1, -0.05) is 39.7 Å². The molecule has 2 N–H and O–H groups in total. The van der Waals surface area contributed by atoms with Crippen molar-refractivity contribution in [3.05, 3.63) is 34.9 Å². The van der Waals surface area contributed by atoms with Gasteiger partial charge in [0.15, 0.2) is 17.3 Å². The van der Waals surface area contributed by atoms with Gasteiger partial charge in [0, 0.05) is 25.7 Å². The van der Waals surface area contributed by atoms with Crippen molar-refractivity contribution in [3.8, 4) is 11.5 Å². The van der Waals surface area contributed by atoms with Crippen molar-refractivity contribution in [3.63, 3.8) is 0 Å². The highest BCUT2D eigenvalue weighted by Gasteiger charge is 2.23. The number of carbonyl (C=O) groups is 1. The van der Waals surface area contributed by atoms with Gasteiger partial charge in [-0.3, -0.25) is 4.79 Å². The van der Waals surface area contributed by atoms with Crippen LogP contribution < -0.4 is 4.74 Å². The molecule has 1 aromatic rings. The van der Waals surface area contributed by atoms with Crippen molar-refractivity contribution in [2.75, 3.05) is 20.3 Å². The molecular weight excluding hydrogens is 428 g/mol. The summed E-state index contributed by atoms with van der Waals surface area (Å²) in [4.78, 5) is 12.5. The van der Waals surface area contributed by atoms with E-state index in [0.717, 1.165) is 74.5 Å². The number of methoxy groups -OCH3 is 1. The molecule has 0 unspecified atom stereocenters. The number of aryl methyl sites for hydroxylation is 1. The van der Waals surface area contributed by atoms with Gasteiger partial charge in [0.1, 0.15) is 0 Å². The Morgan fingerprint density at radius 1 is 1.15 bits per heavy atom. The van der Waals surface area contributed by atoms with Crippen LogP contribution >= 0.6 is 0 Å². The van der Waals surface area contributed by atoms with Gasteiger partial charge in [-0.05, 0) is 86.5 Å². The van der Waals surface area contributed by atoms with Crippen LogP contribution in [0.2, 0.25) is 0 Å². The first-order chi connectivity index (χ1) is 16.4. The first-order valence-electron chi connectivity index (χ1n) is 13.2. The van der Waals surface area contributed by atoms with Crippen molar-refractivity contribution in [2.24, 2.45) is 5.92 Å². The summed E-state index contributed by atoms with van der Waals surface area (Å²) in [6.45, 7) is 7.04.